The lowest BCUT2D eigenvalue weighted by Gasteiger charge is -2.26. The Balaban J connectivity index is 1.43. The van der Waals surface area contributed by atoms with Gasteiger partial charge in [-0.05, 0) is 37.1 Å². The predicted molar refractivity (Wildman–Crippen MR) is 101 cm³/mol. The smallest absolute Gasteiger partial charge is 0.185 e. The van der Waals surface area contributed by atoms with Crippen molar-refractivity contribution >= 4 is 16.5 Å². The van der Waals surface area contributed by atoms with E-state index in [1.807, 2.05) is 11.3 Å². The Kier molecular flexibility index (Phi) is 5.20. The maximum Gasteiger partial charge on any atom is 0.185 e. The third-order valence-corrected chi connectivity index (χ3v) is 6.09. The summed E-state index contributed by atoms with van der Waals surface area (Å²) in [6.07, 6.45) is 4.53. The minimum atomic E-state index is 0.500. The number of thiazole rings is 1. The fraction of sp³-hybridized carbons (Fsp3) is 0.526. The summed E-state index contributed by atoms with van der Waals surface area (Å²) in [6, 6.07) is 9.03. The summed E-state index contributed by atoms with van der Waals surface area (Å²) in [5.41, 5.74) is 1.39. The van der Waals surface area contributed by atoms with Gasteiger partial charge < -0.3 is 14.4 Å². The van der Waals surface area contributed by atoms with Crippen LogP contribution < -0.4 is 9.64 Å². The summed E-state index contributed by atoms with van der Waals surface area (Å²) in [5, 5.41) is 1.14. The third-order valence-electron chi connectivity index (χ3n) is 5.05. The molecule has 0 radical (unpaired) electrons. The lowest BCUT2D eigenvalue weighted by atomic mass is 10.0. The maximum atomic E-state index is 5.43. The van der Waals surface area contributed by atoms with Crippen molar-refractivity contribution < 1.29 is 9.47 Å². The minimum absolute atomic E-state index is 0.500. The van der Waals surface area contributed by atoms with Gasteiger partial charge in [0, 0.05) is 36.8 Å². The van der Waals surface area contributed by atoms with Crippen LogP contribution in [-0.2, 0) is 11.3 Å². The standard InChI is InChI=1S/C19H25N3O2S/c1-23-16-6-4-15(5-7-16)18-3-2-8-22(18)14-17-13-20-19(25-17)21-9-11-24-12-10-21/h4-7,13,18H,2-3,8-12,14H2,1H3. The monoisotopic (exact) mass is 359 g/mol. The molecule has 2 fully saturated rings. The first-order valence-electron chi connectivity index (χ1n) is 8.99. The van der Waals surface area contributed by atoms with Crippen molar-refractivity contribution in [2.75, 3.05) is 44.9 Å². The molecule has 1 aromatic heterocycles. The van der Waals surface area contributed by atoms with Gasteiger partial charge in [-0.15, -0.1) is 11.3 Å². The van der Waals surface area contributed by atoms with Crippen LogP contribution in [-0.4, -0.2) is 49.8 Å². The molecule has 0 amide bonds. The molecule has 2 aliphatic rings. The summed E-state index contributed by atoms with van der Waals surface area (Å²) in [5.74, 6) is 0.922. The molecule has 0 spiro atoms. The molecule has 0 saturated carbocycles. The number of hydrogen-bond donors (Lipinski definition) is 0. The molecular weight excluding hydrogens is 334 g/mol. The molecular formula is C19H25N3O2S. The van der Waals surface area contributed by atoms with Crippen LogP contribution in [0.4, 0.5) is 5.13 Å². The maximum absolute atomic E-state index is 5.43. The van der Waals surface area contributed by atoms with Crippen molar-refractivity contribution in [2.24, 2.45) is 0 Å². The minimum Gasteiger partial charge on any atom is -0.497 e. The van der Waals surface area contributed by atoms with Gasteiger partial charge in [-0.2, -0.15) is 0 Å². The second-order valence-electron chi connectivity index (χ2n) is 6.61. The molecule has 0 aliphatic carbocycles. The molecule has 6 heteroatoms. The SMILES string of the molecule is COc1ccc(C2CCCN2Cc2cnc(N3CCOCC3)s2)cc1. The van der Waals surface area contributed by atoms with E-state index in [0.29, 0.717) is 6.04 Å². The predicted octanol–water partition coefficient (Wildman–Crippen LogP) is 3.33. The lowest BCUT2D eigenvalue weighted by Crippen LogP contribution is -2.36. The quantitative estimate of drug-likeness (QED) is 0.819. The highest BCUT2D eigenvalue weighted by molar-refractivity contribution is 7.15. The van der Waals surface area contributed by atoms with Gasteiger partial charge in [0.25, 0.3) is 0 Å². The molecule has 3 heterocycles. The third kappa shape index (κ3) is 3.81. The fourth-order valence-corrected chi connectivity index (χ4v) is 4.68. The zero-order chi connectivity index (χ0) is 17.1. The molecule has 2 saturated heterocycles. The molecule has 2 aromatic rings. The van der Waals surface area contributed by atoms with Crippen molar-refractivity contribution in [3.63, 3.8) is 0 Å². The lowest BCUT2D eigenvalue weighted by molar-refractivity contribution is 0.122. The van der Waals surface area contributed by atoms with Gasteiger partial charge in [0.1, 0.15) is 5.75 Å². The molecule has 1 atom stereocenters. The Morgan fingerprint density at radius 3 is 2.76 bits per heavy atom. The summed E-state index contributed by atoms with van der Waals surface area (Å²) in [7, 11) is 1.72. The topological polar surface area (TPSA) is 37.8 Å². The molecule has 5 nitrogen and oxygen atoms in total. The second-order valence-corrected chi connectivity index (χ2v) is 7.70. The first-order valence-corrected chi connectivity index (χ1v) is 9.80. The average molecular weight is 359 g/mol. The molecule has 1 unspecified atom stereocenters. The van der Waals surface area contributed by atoms with Crippen LogP contribution in [0.25, 0.3) is 0 Å². The van der Waals surface area contributed by atoms with Gasteiger partial charge in [-0.25, -0.2) is 4.98 Å². The van der Waals surface area contributed by atoms with E-state index in [-0.39, 0.29) is 0 Å². The molecule has 25 heavy (non-hydrogen) atoms. The highest BCUT2D eigenvalue weighted by atomic mass is 32.1. The number of likely N-dealkylation sites (tertiary alicyclic amines) is 1. The number of morpholine rings is 1. The number of anilines is 1. The van der Waals surface area contributed by atoms with E-state index in [1.54, 1.807) is 7.11 Å². The Hall–Kier alpha value is -1.63. The zero-order valence-electron chi connectivity index (χ0n) is 14.7. The van der Waals surface area contributed by atoms with Gasteiger partial charge in [0.05, 0.1) is 20.3 Å². The van der Waals surface area contributed by atoms with Gasteiger partial charge in [-0.3, -0.25) is 4.90 Å². The van der Waals surface area contributed by atoms with Gasteiger partial charge in [0.15, 0.2) is 5.13 Å². The number of rotatable bonds is 5. The Bertz CT molecular complexity index is 682. The highest BCUT2D eigenvalue weighted by Gasteiger charge is 2.27. The summed E-state index contributed by atoms with van der Waals surface area (Å²) < 4.78 is 10.7. The van der Waals surface area contributed by atoms with Crippen LogP contribution in [0.1, 0.15) is 29.3 Å². The molecule has 2 aliphatic heterocycles. The normalized spacial score (nSPS) is 21.6. The van der Waals surface area contributed by atoms with Crippen LogP contribution in [0.15, 0.2) is 30.5 Å². The fourth-order valence-electron chi connectivity index (χ4n) is 3.69. The summed E-state index contributed by atoms with van der Waals surface area (Å²) in [6.45, 7) is 5.65. The van der Waals surface area contributed by atoms with Crippen molar-refractivity contribution in [1.29, 1.82) is 0 Å². The molecule has 0 N–H and O–H groups in total. The van der Waals surface area contributed by atoms with E-state index in [0.717, 1.165) is 50.3 Å². The summed E-state index contributed by atoms with van der Waals surface area (Å²) in [4.78, 5) is 10.9. The zero-order valence-corrected chi connectivity index (χ0v) is 15.5. The van der Waals surface area contributed by atoms with E-state index in [2.05, 4.69) is 45.2 Å². The molecule has 134 valence electrons. The van der Waals surface area contributed by atoms with Crippen LogP contribution in [0.2, 0.25) is 0 Å². The van der Waals surface area contributed by atoms with E-state index in [9.17, 15) is 0 Å². The highest BCUT2D eigenvalue weighted by Crippen LogP contribution is 2.35. The number of methoxy groups -OCH3 is 1. The molecule has 0 bridgehead atoms. The van der Waals surface area contributed by atoms with Crippen molar-refractivity contribution in [1.82, 2.24) is 9.88 Å². The van der Waals surface area contributed by atoms with Gasteiger partial charge in [-0.1, -0.05) is 12.1 Å². The van der Waals surface area contributed by atoms with E-state index >= 15 is 0 Å². The summed E-state index contributed by atoms with van der Waals surface area (Å²) >= 11 is 1.83. The largest absolute Gasteiger partial charge is 0.497 e. The van der Waals surface area contributed by atoms with Gasteiger partial charge in [0.2, 0.25) is 0 Å². The van der Waals surface area contributed by atoms with E-state index in [1.165, 1.54) is 23.3 Å². The Labute approximate surface area is 153 Å². The van der Waals surface area contributed by atoms with Gasteiger partial charge >= 0.3 is 0 Å². The first-order chi connectivity index (χ1) is 12.3. The van der Waals surface area contributed by atoms with Crippen LogP contribution in [0.3, 0.4) is 0 Å². The first kappa shape index (κ1) is 16.8. The van der Waals surface area contributed by atoms with E-state index in [4.69, 9.17) is 9.47 Å². The number of benzene rings is 1. The van der Waals surface area contributed by atoms with Crippen molar-refractivity contribution in [3.05, 3.63) is 40.9 Å². The number of aromatic nitrogens is 1. The van der Waals surface area contributed by atoms with Crippen LogP contribution in [0, 0.1) is 0 Å². The number of nitrogens with zero attached hydrogens (tertiary/aromatic N) is 3. The van der Waals surface area contributed by atoms with Crippen LogP contribution >= 0.6 is 11.3 Å². The Morgan fingerprint density at radius 2 is 2.00 bits per heavy atom. The molecule has 1 aromatic carbocycles. The van der Waals surface area contributed by atoms with Crippen LogP contribution in [0.5, 0.6) is 5.75 Å². The average Bonchev–Trinajstić information content (AvgIpc) is 3.33. The molecule has 4 rings (SSSR count). The van der Waals surface area contributed by atoms with Crippen molar-refractivity contribution in [2.45, 2.75) is 25.4 Å². The van der Waals surface area contributed by atoms with E-state index < -0.39 is 0 Å². The number of ether oxygens (including phenoxy) is 2. The Morgan fingerprint density at radius 1 is 1.20 bits per heavy atom. The number of hydrogen-bond acceptors (Lipinski definition) is 6. The van der Waals surface area contributed by atoms with Crippen molar-refractivity contribution in [3.8, 4) is 5.75 Å². The second kappa shape index (κ2) is 7.72.